The highest BCUT2D eigenvalue weighted by atomic mass is 35.5. The van der Waals surface area contributed by atoms with Gasteiger partial charge in [-0.3, -0.25) is 4.79 Å². The van der Waals surface area contributed by atoms with E-state index in [2.05, 4.69) is 35.1 Å². The Morgan fingerprint density at radius 1 is 1.16 bits per heavy atom. The van der Waals surface area contributed by atoms with Crippen LogP contribution < -0.4 is 15.1 Å². The van der Waals surface area contributed by atoms with E-state index >= 15 is 0 Å². The van der Waals surface area contributed by atoms with Crippen LogP contribution in [0.25, 0.3) is 0 Å². The summed E-state index contributed by atoms with van der Waals surface area (Å²) in [6, 6.07) is 9.36. The SMILES string of the molecule is CCN(CC)c1ccc(NC(=O)c2cc(Cl)nc(N(C)C)c2)c(C)c1. The Kier molecular flexibility index (Phi) is 6.26. The van der Waals surface area contributed by atoms with Crippen molar-refractivity contribution in [1.29, 1.82) is 0 Å². The van der Waals surface area contributed by atoms with Gasteiger partial charge in [0.25, 0.3) is 5.91 Å². The Hall–Kier alpha value is -2.27. The van der Waals surface area contributed by atoms with E-state index in [1.807, 2.05) is 38.1 Å². The fourth-order valence-electron chi connectivity index (χ4n) is 2.61. The van der Waals surface area contributed by atoms with Gasteiger partial charge in [0.2, 0.25) is 0 Å². The van der Waals surface area contributed by atoms with Crippen LogP contribution in [0, 0.1) is 6.92 Å². The molecule has 0 spiro atoms. The number of pyridine rings is 1. The van der Waals surface area contributed by atoms with Crippen molar-refractivity contribution < 1.29 is 4.79 Å². The zero-order valence-electron chi connectivity index (χ0n) is 15.4. The minimum absolute atomic E-state index is 0.203. The molecule has 1 aromatic heterocycles. The van der Waals surface area contributed by atoms with Gasteiger partial charge in [-0.05, 0) is 56.7 Å². The van der Waals surface area contributed by atoms with E-state index in [1.54, 1.807) is 12.1 Å². The van der Waals surface area contributed by atoms with Crippen molar-refractivity contribution in [2.45, 2.75) is 20.8 Å². The number of nitrogens with zero attached hydrogens (tertiary/aromatic N) is 3. The highest BCUT2D eigenvalue weighted by Gasteiger charge is 2.12. The number of carbonyl (C=O) groups is 1. The number of anilines is 3. The molecule has 0 aliphatic rings. The Morgan fingerprint density at radius 3 is 2.40 bits per heavy atom. The number of halogens is 1. The van der Waals surface area contributed by atoms with Gasteiger partial charge in [-0.25, -0.2) is 4.98 Å². The molecule has 0 radical (unpaired) electrons. The summed E-state index contributed by atoms with van der Waals surface area (Å²) in [5, 5.41) is 3.26. The second kappa shape index (κ2) is 8.21. The monoisotopic (exact) mass is 360 g/mol. The van der Waals surface area contributed by atoms with Gasteiger partial charge in [-0.1, -0.05) is 11.6 Å². The molecular formula is C19H25ClN4O. The summed E-state index contributed by atoms with van der Waals surface area (Å²) in [5.41, 5.74) is 3.45. The first-order valence-corrected chi connectivity index (χ1v) is 8.75. The van der Waals surface area contributed by atoms with E-state index in [0.29, 0.717) is 16.5 Å². The van der Waals surface area contributed by atoms with Crippen LogP contribution in [0.5, 0.6) is 0 Å². The molecule has 0 saturated heterocycles. The number of carbonyl (C=O) groups excluding carboxylic acids is 1. The summed E-state index contributed by atoms with van der Waals surface area (Å²) in [5.74, 6) is 0.442. The van der Waals surface area contributed by atoms with E-state index in [0.717, 1.165) is 30.0 Å². The van der Waals surface area contributed by atoms with Gasteiger partial charge >= 0.3 is 0 Å². The number of aryl methyl sites for hydroxylation is 1. The zero-order valence-corrected chi connectivity index (χ0v) is 16.2. The van der Waals surface area contributed by atoms with Crippen LogP contribution in [0.1, 0.15) is 29.8 Å². The normalized spacial score (nSPS) is 10.5. The van der Waals surface area contributed by atoms with E-state index in [9.17, 15) is 4.79 Å². The van der Waals surface area contributed by atoms with Crippen LogP contribution in [-0.4, -0.2) is 38.1 Å². The highest BCUT2D eigenvalue weighted by Crippen LogP contribution is 2.24. The largest absolute Gasteiger partial charge is 0.372 e. The molecule has 5 nitrogen and oxygen atoms in total. The fraction of sp³-hybridized carbons (Fsp3) is 0.368. The summed E-state index contributed by atoms with van der Waals surface area (Å²) in [7, 11) is 3.72. The molecule has 2 rings (SSSR count). The quantitative estimate of drug-likeness (QED) is 0.784. The Bertz CT molecular complexity index is 757. The summed E-state index contributed by atoms with van der Waals surface area (Å²) in [6.45, 7) is 8.15. The van der Waals surface area contributed by atoms with Gasteiger partial charge in [0.15, 0.2) is 0 Å². The van der Waals surface area contributed by atoms with Gasteiger partial charge in [-0.2, -0.15) is 0 Å². The maximum atomic E-state index is 12.6. The molecule has 0 aliphatic heterocycles. The average molecular weight is 361 g/mol. The number of aromatic nitrogens is 1. The highest BCUT2D eigenvalue weighted by molar-refractivity contribution is 6.30. The third-order valence-corrected chi connectivity index (χ3v) is 4.28. The van der Waals surface area contributed by atoms with Gasteiger partial charge in [-0.15, -0.1) is 0 Å². The molecule has 0 unspecified atom stereocenters. The van der Waals surface area contributed by atoms with Crippen molar-refractivity contribution in [3.8, 4) is 0 Å². The summed E-state index contributed by atoms with van der Waals surface area (Å²) in [4.78, 5) is 20.9. The summed E-state index contributed by atoms with van der Waals surface area (Å²) < 4.78 is 0. The van der Waals surface area contributed by atoms with Crippen LogP contribution >= 0.6 is 11.6 Å². The molecule has 1 N–H and O–H groups in total. The zero-order chi connectivity index (χ0) is 18.6. The molecule has 0 aliphatic carbocycles. The number of rotatable bonds is 6. The molecule has 0 saturated carbocycles. The lowest BCUT2D eigenvalue weighted by molar-refractivity contribution is 0.102. The van der Waals surface area contributed by atoms with Crippen LogP contribution in [0.3, 0.4) is 0 Å². The van der Waals surface area contributed by atoms with Crippen molar-refractivity contribution in [2.24, 2.45) is 0 Å². The van der Waals surface area contributed by atoms with Gasteiger partial charge in [0, 0.05) is 44.1 Å². The molecule has 1 aromatic carbocycles. The minimum atomic E-state index is -0.203. The lowest BCUT2D eigenvalue weighted by Gasteiger charge is -2.22. The lowest BCUT2D eigenvalue weighted by atomic mass is 10.1. The van der Waals surface area contributed by atoms with Gasteiger partial charge in [0.1, 0.15) is 11.0 Å². The first kappa shape index (κ1) is 19.1. The molecular weight excluding hydrogens is 336 g/mol. The van der Waals surface area contributed by atoms with E-state index in [1.165, 1.54) is 0 Å². The van der Waals surface area contributed by atoms with E-state index in [4.69, 9.17) is 11.6 Å². The molecule has 2 aromatic rings. The average Bonchev–Trinajstić information content (AvgIpc) is 2.57. The number of hydrogen-bond donors (Lipinski definition) is 1. The van der Waals surface area contributed by atoms with Crippen molar-refractivity contribution in [2.75, 3.05) is 42.3 Å². The van der Waals surface area contributed by atoms with Crippen molar-refractivity contribution in [1.82, 2.24) is 4.98 Å². The third kappa shape index (κ3) is 4.63. The van der Waals surface area contributed by atoms with Crippen LogP contribution in [0.15, 0.2) is 30.3 Å². The molecule has 1 amide bonds. The van der Waals surface area contributed by atoms with Crippen LogP contribution in [-0.2, 0) is 0 Å². The predicted molar refractivity (Wildman–Crippen MR) is 106 cm³/mol. The number of nitrogens with one attached hydrogen (secondary N) is 1. The van der Waals surface area contributed by atoms with Crippen LogP contribution in [0.4, 0.5) is 17.2 Å². The Labute approximate surface area is 154 Å². The fourth-order valence-corrected chi connectivity index (χ4v) is 2.82. The molecule has 0 atom stereocenters. The molecule has 25 heavy (non-hydrogen) atoms. The van der Waals surface area contributed by atoms with Gasteiger partial charge in [0.05, 0.1) is 0 Å². The van der Waals surface area contributed by atoms with E-state index in [-0.39, 0.29) is 5.91 Å². The second-order valence-corrected chi connectivity index (χ2v) is 6.44. The maximum absolute atomic E-state index is 12.6. The van der Waals surface area contributed by atoms with Crippen molar-refractivity contribution in [3.63, 3.8) is 0 Å². The standard InChI is InChI=1S/C19H25ClN4O/c1-6-24(7-2)15-8-9-16(13(3)10-15)21-19(25)14-11-17(20)22-18(12-14)23(4)5/h8-12H,6-7H2,1-5H3,(H,21,25). The Morgan fingerprint density at radius 2 is 1.84 bits per heavy atom. The summed E-state index contributed by atoms with van der Waals surface area (Å²) >= 11 is 6.04. The first-order valence-electron chi connectivity index (χ1n) is 8.37. The van der Waals surface area contributed by atoms with Crippen molar-refractivity contribution in [3.05, 3.63) is 46.6 Å². The molecule has 6 heteroatoms. The molecule has 134 valence electrons. The van der Waals surface area contributed by atoms with E-state index < -0.39 is 0 Å². The number of amides is 1. The number of benzene rings is 1. The molecule has 0 bridgehead atoms. The first-order chi connectivity index (χ1) is 11.8. The molecule has 0 fully saturated rings. The Balaban J connectivity index is 2.23. The second-order valence-electron chi connectivity index (χ2n) is 6.06. The third-order valence-electron chi connectivity index (χ3n) is 4.09. The topological polar surface area (TPSA) is 48.5 Å². The predicted octanol–water partition coefficient (Wildman–Crippen LogP) is 4.21. The lowest BCUT2D eigenvalue weighted by Crippen LogP contribution is -2.22. The van der Waals surface area contributed by atoms with Gasteiger partial charge < -0.3 is 15.1 Å². The minimum Gasteiger partial charge on any atom is -0.372 e. The smallest absolute Gasteiger partial charge is 0.255 e. The maximum Gasteiger partial charge on any atom is 0.255 e. The van der Waals surface area contributed by atoms with Crippen molar-refractivity contribution >= 4 is 34.7 Å². The van der Waals surface area contributed by atoms with Crippen LogP contribution in [0.2, 0.25) is 5.15 Å². The number of hydrogen-bond acceptors (Lipinski definition) is 4. The molecule has 1 heterocycles. The summed E-state index contributed by atoms with van der Waals surface area (Å²) in [6.07, 6.45) is 0.